The van der Waals surface area contributed by atoms with Crippen LogP contribution in [0.15, 0.2) is 58.5 Å². The Labute approximate surface area is 165 Å². The molecule has 6 nitrogen and oxygen atoms in total. The highest BCUT2D eigenvalue weighted by atomic mass is 32.2. The van der Waals surface area contributed by atoms with E-state index in [1.807, 2.05) is 30.9 Å². The van der Waals surface area contributed by atoms with Crippen molar-refractivity contribution in [3.05, 3.63) is 48.7 Å². The zero-order valence-electron chi connectivity index (χ0n) is 16.5. The molecule has 0 aliphatic rings. The molecule has 0 amide bonds. The molecule has 28 heavy (non-hydrogen) atoms. The fraction of sp³-hybridized carbons (Fsp3) is 0.286. The molecule has 0 aliphatic heterocycles. The Morgan fingerprint density at radius 2 is 1.57 bits per heavy atom. The van der Waals surface area contributed by atoms with E-state index in [9.17, 15) is 8.42 Å². The minimum Gasteiger partial charge on any atom is -0.493 e. The van der Waals surface area contributed by atoms with E-state index < -0.39 is 9.84 Å². The van der Waals surface area contributed by atoms with E-state index in [4.69, 9.17) is 9.47 Å². The first-order valence-electron chi connectivity index (χ1n) is 9.13. The third-order valence-corrected chi connectivity index (χ3v) is 6.58. The number of ether oxygens (including phenoxy) is 2. The van der Waals surface area contributed by atoms with Gasteiger partial charge >= 0.3 is 0 Å². The van der Waals surface area contributed by atoms with Crippen molar-refractivity contribution in [2.75, 3.05) is 32.2 Å². The third-order valence-electron chi connectivity index (χ3n) is 4.79. The molecule has 148 valence electrons. The van der Waals surface area contributed by atoms with Crippen molar-refractivity contribution in [1.29, 1.82) is 0 Å². The lowest BCUT2D eigenvalue weighted by molar-refractivity contribution is -0.347. The van der Waals surface area contributed by atoms with Crippen LogP contribution in [0.4, 0.5) is 5.69 Å². The summed E-state index contributed by atoms with van der Waals surface area (Å²) in [5.74, 6) is 1.13. The lowest BCUT2D eigenvalue weighted by atomic mass is 10.1. The molecule has 0 fully saturated rings. The van der Waals surface area contributed by atoms with Crippen molar-refractivity contribution < 1.29 is 22.9 Å². The van der Waals surface area contributed by atoms with Crippen LogP contribution in [0.3, 0.4) is 0 Å². The molecule has 0 saturated heterocycles. The summed E-state index contributed by atoms with van der Waals surface area (Å²) in [5, 5.41) is 0.762. The highest BCUT2D eigenvalue weighted by molar-refractivity contribution is 7.91. The fourth-order valence-corrected chi connectivity index (χ4v) is 4.81. The number of sulfone groups is 1. The summed E-state index contributed by atoms with van der Waals surface area (Å²) in [6, 6.07) is 12.1. The lowest BCUT2D eigenvalue weighted by Gasteiger charge is -2.24. The van der Waals surface area contributed by atoms with Crippen molar-refractivity contribution in [3.8, 4) is 11.5 Å². The predicted octanol–water partition coefficient (Wildman–Crippen LogP) is 3.35. The van der Waals surface area contributed by atoms with Crippen LogP contribution in [0.5, 0.6) is 11.5 Å². The second-order valence-electron chi connectivity index (χ2n) is 6.24. The molecule has 0 unspecified atom stereocenters. The summed E-state index contributed by atoms with van der Waals surface area (Å²) in [6.07, 6.45) is 1.56. The normalized spacial score (nSPS) is 11.4. The number of aromatic amines is 1. The van der Waals surface area contributed by atoms with Crippen molar-refractivity contribution in [2.24, 2.45) is 0 Å². The number of anilines is 1. The van der Waals surface area contributed by atoms with Gasteiger partial charge < -0.3 is 14.4 Å². The van der Waals surface area contributed by atoms with Crippen molar-refractivity contribution in [1.82, 2.24) is 0 Å². The Bertz CT molecular complexity index is 1080. The first kappa shape index (κ1) is 19.9. The number of H-pyrrole nitrogens is 1. The quantitative estimate of drug-likeness (QED) is 0.607. The lowest BCUT2D eigenvalue weighted by Crippen LogP contribution is -2.26. The second kappa shape index (κ2) is 8.06. The number of nitrogens with zero attached hydrogens (tertiary/aromatic N) is 1. The molecule has 2 aromatic carbocycles. The molecule has 0 atom stereocenters. The standard InChI is InChI=1S/C21H24N2O4S/c1-5-23(6-2)21-16-12-18(26-3)19(27-4)13-17(16)22-14-20(21)28(24,25)15-10-8-7-9-11-15/h7-14H,5-6H2,1-4H3/p+1. The number of fused-ring (bicyclic) bond motifs is 1. The van der Waals surface area contributed by atoms with Crippen LogP contribution in [0, 0.1) is 0 Å². The first-order chi connectivity index (χ1) is 13.5. The number of aromatic nitrogens is 1. The van der Waals surface area contributed by atoms with E-state index in [1.54, 1.807) is 50.7 Å². The van der Waals surface area contributed by atoms with Gasteiger partial charge in [0.1, 0.15) is 0 Å². The van der Waals surface area contributed by atoms with Gasteiger partial charge in [0.05, 0.1) is 36.3 Å². The number of benzene rings is 2. The highest BCUT2D eigenvalue weighted by Gasteiger charge is 2.29. The monoisotopic (exact) mass is 401 g/mol. The molecule has 1 N–H and O–H groups in total. The van der Waals surface area contributed by atoms with Crippen LogP contribution in [-0.4, -0.2) is 35.7 Å². The zero-order chi connectivity index (χ0) is 20.3. The van der Waals surface area contributed by atoms with E-state index in [2.05, 4.69) is 4.98 Å². The number of methoxy groups -OCH3 is 2. The zero-order valence-corrected chi connectivity index (χ0v) is 17.3. The Morgan fingerprint density at radius 1 is 0.964 bits per heavy atom. The molecule has 0 bridgehead atoms. The minimum atomic E-state index is -3.71. The minimum absolute atomic E-state index is 0.238. The van der Waals surface area contributed by atoms with Crippen LogP contribution < -0.4 is 19.4 Å². The largest absolute Gasteiger partial charge is 0.493 e. The van der Waals surface area contributed by atoms with Gasteiger partial charge in [-0.3, -0.25) is 0 Å². The molecule has 0 aliphatic carbocycles. The molecule has 1 heterocycles. The maximum Gasteiger partial charge on any atom is 0.217 e. The molecule has 0 radical (unpaired) electrons. The van der Waals surface area contributed by atoms with Gasteiger partial charge in [0, 0.05) is 19.2 Å². The summed E-state index contributed by atoms with van der Waals surface area (Å²) in [5.41, 5.74) is 1.43. The third kappa shape index (κ3) is 3.38. The molecule has 1 aromatic heterocycles. The van der Waals surface area contributed by atoms with E-state index in [1.165, 1.54) is 0 Å². The average Bonchev–Trinajstić information content (AvgIpc) is 2.74. The second-order valence-corrected chi connectivity index (χ2v) is 8.16. The maximum atomic E-state index is 13.4. The van der Waals surface area contributed by atoms with Crippen LogP contribution in [0.25, 0.3) is 10.9 Å². The van der Waals surface area contributed by atoms with Gasteiger partial charge in [-0.1, -0.05) is 18.2 Å². The van der Waals surface area contributed by atoms with E-state index in [-0.39, 0.29) is 9.79 Å². The van der Waals surface area contributed by atoms with Crippen molar-refractivity contribution in [2.45, 2.75) is 23.6 Å². The molecular weight excluding hydrogens is 376 g/mol. The molecule has 3 aromatic rings. The van der Waals surface area contributed by atoms with Crippen LogP contribution in [0.2, 0.25) is 0 Å². The van der Waals surface area contributed by atoms with Crippen LogP contribution in [-0.2, 0) is 9.84 Å². The molecular formula is C21H25N2O4S+. The Morgan fingerprint density at radius 3 is 2.14 bits per heavy atom. The highest BCUT2D eigenvalue weighted by Crippen LogP contribution is 2.39. The number of hydrogen-bond acceptors (Lipinski definition) is 5. The van der Waals surface area contributed by atoms with Gasteiger partial charge in [-0.05, 0) is 26.0 Å². The van der Waals surface area contributed by atoms with Gasteiger partial charge in [-0.2, -0.15) is 0 Å². The van der Waals surface area contributed by atoms with Crippen LogP contribution >= 0.6 is 0 Å². The van der Waals surface area contributed by atoms with E-state index in [0.29, 0.717) is 30.3 Å². The molecule has 7 heteroatoms. The van der Waals surface area contributed by atoms with Crippen molar-refractivity contribution >= 4 is 26.4 Å². The number of nitrogens with one attached hydrogen (secondary N) is 1. The van der Waals surface area contributed by atoms with Gasteiger partial charge in [0.25, 0.3) is 0 Å². The predicted molar refractivity (Wildman–Crippen MR) is 109 cm³/mol. The van der Waals surface area contributed by atoms with Gasteiger partial charge in [-0.15, -0.1) is 0 Å². The number of rotatable bonds is 7. The van der Waals surface area contributed by atoms with E-state index >= 15 is 0 Å². The maximum absolute atomic E-state index is 13.4. The van der Waals surface area contributed by atoms with E-state index in [0.717, 1.165) is 10.9 Å². The molecule has 0 saturated carbocycles. The van der Waals surface area contributed by atoms with Crippen molar-refractivity contribution in [3.63, 3.8) is 0 Å². The summed E-state index contributed by atoms with van der Waals surface area (Å²) >= 11 is 0. The molecule has 0 spiro atoms. The average molecular weight is 402 g/mol. The summed E-state index contributed by atoms with van der Waals surface area (Å²) in [6.45, 7) is 5.35. The van der Waals surface area contributed by atoms with Crippen LogP contribution in [0.1, 0.15) is 13.8 Å². The van der Waals surface area contributed by atoms with Gasteiger partial charge in [0.15, 0.2) is 22.6 Å². The SMILES string of the molecule is CCN(CC)c1c(S(=O)(=O)c2ccccc2)c[nH+]c2cc(OC)c(OC)cc12. The smallest absolute Gasteiger partial charge is 0.217 e. The summed E-state index contributed by atoms with van der Waals surface area (Å²) in [7, 11) is -0.569. The Hall–Kier alpha value is -2.80. The van der Waals surface area contributed by atoms with Gasteiger partial charge in [0.2, 0.25) is 15.4 Å². The summed E-state index contributed by atoms with van der Waals surface area (Å²) < 4.78 is 37.7. The topological polar surface area (TPSA) is 70.0 Å². The fourth-order valence-electron chi connectivity index (χ4n) is 3.34. The number of pyridine rings is 1. The first-order valence-corrected chi connectivity index (χ1v) is 10.6. The summed E-state index contributed by atoms with van der Waals surface area (Å²) in [4.78, 5) is 5.66. The molecule has 3 rings (SSSR count). The Kier molecular flexibility index (Phi) is 5.74. The Balaban J connectivity index is 2.39. The number of hydrogen-bond donors (Lipinski definition) is 0. The van der Waals surface area contributed by atoms with Gasteiger partial charge in [-0.25, -0.2) is 13.4 Å².